The molecular weight excluding hydrogens is 683 g/mol. The molecule has 3 aliphatic rings. The summed E-state index contributed by atoms with van der Waals surface area (Å²) in [5, 5.41) is 12.8. The molecule has 3 aromatic rings. The summed E-state index contributed by atoms with van der Waals surface area (Å²) in [5.41, 5.74) is 9.33. The molecule has 4 amide bonds. The van der Waals surface area contributed by atoms with Gasteiger partial charge in [-0.05, 0) is 111 Å². The molecule has 276 valence electrons. The van der Waals surface area contributed by atoms with Crippen LogP contribution in [0, 0.1) is 5.92 Å². The Kier molecular flexibility index (Phi) is 12.2. The van der Waals surface area contributed by atoms with Crippen LogP contribution in [0.5, 0.6) is 5.75 Å². The van der Waals surface area contributed by atoms with Crippen molar-refractivity contribution in [3.63, 3.8) is 0 Å². The molecule has 5 N–H and O–H groups in total. The molecule has 1 aliphatic carbocycles. The maximum atomic E-state index is 13.5. The van der Waals surface area contributed by atoms with Crippen molar-refractivity contribution in [2.75, 3.05) is 36.9 Å². The number of rotatable bonds is 10. The normalized spacial score (nSPS) is 15.6. The number of piperidine rings is 1. The van der Waals surface area contributed by atoms with Crippen molar-refractivity contribution in [2.45, 2.75) is 57.3 Å². The number of nitrogens with one attached hydrogen (secondary N) is 2. The van der Waals surface area contributed by atoms with Crippen molar-refractivity contribution in [2.24, 2.45) is 11.7 Å². The molecule has 0 radical (unpaired) electrons. The number of carbonyl (C=O) groups is 5. The number of hydrogen-bond acceptors (Lipinski definition) is 7. The first-order chi connectivity index (χ1) is 24.8. The van der Waals surface area contributed by atoms with Crippen LogP contribution in [-0.2, 0) is 16.1 Å². The van der Waals surface area contributed by atoms with E-state index in [4.69, 9.17) is 20.4 Å². The summed E-state index contributed by atoms with van der Waals surface area (Å²) in [4.78, 5) is 63.7. The number of amides is 4. The zero-order chi connectivity index (χ0) is 37.4. The molecule has 1 saturated carbocycles. The Morgan fingerprint density at radius 2 is 1.54 bits per heavy atom. The number of fused-ring (bicyclic) bond motifs is 1. The molecule has 0 atom stereocenters. The van der Waals surface area contributed by atoms with Crippen LogP contribution in [0.4, 0.5) is 24.5 Å². The Morgan fingerprint density at radius 3 is 2.13 bits per heavy atom. The number of benzene rings is 3. The smallest absolute Gasteiger partial charge is 0.482 e. The summed E-state index contributed by atoms with van der Waals surface area (Å²) >= 11 is 0. The molecule has 12 nitrogen and oxygen atoms in total. The van der Waals surface area contributed by atoms with Crippen LogP contribution in [0.1, 0.15) is 75.2 Å². The van der Waals surface area contributed by atoms with Gasteiger partial charge < -0.3 is 36.0 Å². The molecule has 2 aliphatic heterocycles. The van der Waals surface area contributed by atoms with E-state index in [2.05, 4.69) is 10.6 Å². The van der Waals surface area contributed by atoms with E-state index in [1.165, 1.54) is 0 Å². The molecule has 0 aromatic heterocycles. The predicted molar refractivity (Wildman–Crippen MR) is 185 cm³/mol. The summed E-state index contributed by atoms with van der Waals surface area (Å²) in [6.45, 7) is 2.59. The van der Waals surface area contributed by atoms with Gasteiger partial charge in [-0.3, -0.25) is 19.2 Å². The summed E-state index contributed by atoms with van der Waals surface area (Å²) < 4.78 is 37.2. The zero-order valence-electron chi connectivity index (χ0n) is 28.3. The van der Waals surface area contributed by atoms with E-state index in [0.29, 0.717) is 52.8 Å². The highest BCUT2D eigenvalue weighted by Crippen LogP contribution is 2.33. The first kappa shape index (κ1) is 37.8. The minimum Gasteiger partial charge on any atom is -0.482 e. The second-order valence-electron chi connectivity index (χ2n) is 12.9. The van der Waals surface area contributed by atoms with E-state index in [0.717, 1.165) is 57.2 Å². The zero-order valence-corrected chi connectivity index (χ0v) is 28.3. The number of alkyl halides is 3. The summed E-state index contributed by atoms with van der Waals surface area (Å²) in [6.07, 6.45) is 1.000. The standard InChI is InChI=1S/C35H39N5O5.C2HF3O2/c36-17-1-2-23-15-18-39(19-16-23)34(43)26-7-10-28(11-8-26)37-33(42)25-5-3-24(4-6-25)21-40(29-12-13-29)35(44)27-9-14-30-31(20-27)45-22-32(41)38-30;3-2(4,5)1(6)7/h3-11,14,20,23,29H,1-2,12-13,15-19,21-22,36H2,(H,37,42)(H,38,41);(H,6,7). The maximum absolute atomic E-state index is 13.5. The van der Waals surface area contributed by atoms with Crippen LogP contribution in [0.3, 0.4) is 0 Å². The number of halogens is 3. The number of carbonyl (C=O) groups excluding carboxylic acids is 4. The third-order valence-electron chi connectivity index (χ3n) is 9.03. The molecule has 0 bridgehead atoms. The lowest BCUT2D eigenvalue weighted by atomic mass is 9.92. The van der Waals surface area contributed by atoms with Crippen molar-refractivity contribution in [3.8, 4) is 5.75 Å². The van der Waals surface area contributed by atoms with Crippen LogP contribution in [-0.4, -0.2) is 83.0 Å². The van der Waals surface area contributed by atoms with E-state index >= 15 is 0 Å². The molecule has 52 heavy (non-hydrogen) atoms. The number of carboxylic acids is 1. The molecule has 0 spiro atoms. The fraction of sp³-hybridized carbons (Fsp3) is 0.378. The van der Waals surface area contributed by atoms with Crippen molar-refractivity contribution in [1.29, 1.82) is 0 Å². The van der Waals surface area contributed by atoms with Gasteiger partial charge in [0.1, 0.15) is 5.75 Å². The van der Waals surface area contributed by atoms with Gasteiger partial charge in [-0.1, -0.05) is 12.1 Å². The van der Waals surface area contributed by atoms with Crippen LogP contribution in [0.25, 0.3) is 0 Å². The summed E-state index contributed by atoms with van der Waals surface area (Å²) in [7, 11) is 0. The second kappa shape index (κ2) is 16.7. The third-order valence-corrected chi connectivity index (χ3v) is 9.03. The first-order valence-corrected chi connectivity index (χ1v) is 17.0. The lowest BCUT2D eigenvalue weighted by molar-refractivity contribution is -0.192. The number of anilines is 2. The summed E-state index contributed by atoms with van der Waals surface area (Å²) in [6, 6.07) is 19.5. The fourth-order valence-electron chi connectivity index (χ4n) is 6.00. The molecule has 2 heterocycles. The van der Waals surface area contributed by atoms with Gasteiger partial charge in [-0.15, -0.1) is 0 Å². The van der Waals surface area contributed by atoms with Gasteiger partial charge in [0, 0.05) is 48.1 Å². The third kappa shape index (κ3) is 10.1. The number of hydrogen-bond donors (Lipinski definition) is 4. The number of likely N-dealkylation sites (tertiary alicyclic amines) is 1. The van der Waals surface area contributed by atoms with E-state index in [9.17, 15) is 32.3 Å². The van der Waals surface area contributed by atoms with Gasteiger partial charge in [0.15, 0.2) is 6.61 Å². The maximum Gasteiger partial charge on any atom is 0.490 e. The Bertz CT molecular complexity index is 1770. The highest BCUT2D eigenvalue weighted by Gasteiger charge is 2.38. The van der Waals surface area contributed by atoms with E-state index in [-0.39, 0.29) is 36.3 Å². The summed E-state index contributed by atoms with van der Waals surface area (Å²) in [5.74, 6) is -2.17. The quantitative estimate of drug-likeness (QED) is 0.218. The van der Waals surface area contributed by atoms with Crippen molar-refractivity contribution in [3.05, 3.63) is 89.0 Å². The van der Waals surface area contributed by atoms with Gasteiger partial charge in [-0.25, -0.2) is 4.79 Å². The highest BCUT2D eigenvalue weighted by molar-refractivity contribution is 6.04. The number of nitrogens with two attached hydrogens (primary N) is 1. The second-order valence-corrected chi connectivity index (χ2v) is 12.9. The van der Waals surface area contributed by atoms with Gasteiger partial charge >= 0.3 is 12.1 Å². The van der Waals surface area contributed by atoms with Crippen molar-refractivity contribution >= 4 is 41.0 Å². The van der Waals surface area contributed by atoms with Crippen LogP contribution in [0.2, 0.25) is 0 Å². The molecule has 2 fully saturated rings. The Labute approximate surface area is 298 Å². The largest absolute Gasteiger partial charge is 0.490 e. The SMILES string of the molecule is NCCCC1CCN(C(=O)c2ccc(NC(=O)c3ccc(CN(C(=O)c4ccc5c(c4)OCC(=O)N5)C4CC4)cc3)cc2)CC1.O=C(O)C(F)(F)F. The van der Waals surface area contributed by atoms with Gasteiger partial charge in [-0.2, -0.15) is 13.2 Å². The molecule has 3 aromatic carbocycles. The van der Waals surface area contributed by atoms with Crippen LogP contribution in [0.15, 0.2) is 66.7 Å². The van der Waals surface area contributed by atoms with Gasteiger partial charge in [0.2, 0.25) is 0 Å². The molecule has 1 saturated heterocycles. The highest BCUT2D eigenvalue weighted by atomic mass is 19.4. The Morgan fingerprint density at radius 1 is 0.923 bits per heavy atom. The van der Waals surface area contributed by atoms with E-state index in [1.807, 2.05) is 21.9 Å². The molecule has 6 rings (SSSR count). The van der Waals surface area contributed by atoms with Crippen LogP contribution >= 0.6 is 0 Å². The average molecular weight is 724 g/mol. The lowest BCUT2D eigenvalue weighted by Gasteiger charge is -2.32. The topological polar surface area (TPSA) is 171 Å². The molecular formula is C37H40F3N5O7. The predicted octanol–water partition coefficient (Wildman–Crippen LogP) is 5.30. The van der Waals surface area contributed by atoms with E-state index < -0.39 is 12.1 Å². The minimum absolute atomic E-state index is 0.0212. The minimum atomic E-state index is -5.08. The number of ether oxygens (including phenoxy) is 1. The number of nitrogens with zero attached hydrogens (tertiary/aromatic N) is 2. The van der Waals surface area contributed by atoms with Crippen LogP contribution < -0.4 is 21.1 Å². The molecule has 15 heteroatoms. The molecule has 0 unspecified atom stereocenters. The monoisotopic (exact) mass is 723 g/mol. The first-order valence-electron chi connectivity index (χ1n) is 17.0. The Hall–Kier alpha value is -5.44. The Balaban J connectivity index is 0.000000679. The van der Waals surface area contributed by atoms with Gasteiger partial charge in [0.05, 0.1) is 5.69 Å². The fourth-order valence-corrected chi connectivity index (χ4v) is 6.00. The van der Waals surface area contributed by atoms with Gasteiger partial charge in [0.25, 0.3) is 23.6 Å². The lowest BCUT2D eigenvalue weighted by Crippen LogP contribution is -2.38. The van der Waals surface area contributed by atoms with Crippen molar-refractivity contribution in [1.82, 2.24) is 9.80 Å². The number of aliphatic carboxylic acids is 1. The van der Waals surface area contributed by atoms with Crippen molar-refractivity contribution < 1.29 is 47.0 Å². The number of carboxylic acid groups (broad SMARTS) is 1. The average Bonchev–Trinajstić information content (AvgIpc) is 3.98. The van der Waals surface area contributed by atoms with E-state index in [1.54, 1.807) is 54.6 Å².